The quantitative estimate of drug-likeness (QED) is 0.855. The molecule has 0 aliphatic heterocycles. The predicted octanol–water partition coefficient (Wildman–Crippen LogP) is 1.83. The van der Waals surface area contributed by atoms with E-state index in [0.29, 0.717) is 18.8 Å². The molecule has 0 spiro atoms. The van der Waals surface area contributed by atoms with Gasteiger partial charge in [0.1, 0.15) is 23.5 Å². The molecule has 1 aromatic heterocycles. The number of ether oxygens (including phenoxy) is 1. The van der Waals surface area contributed by atoms with E-state index in [-0.39, 0.29) is 18.0 Å². The lowest BCUT2D eigenvalue weighted by atomic mass is 10.3. The minimum absolute atomic E-state index is 0.277. The number of halogens is 1. The molecule has 6 nitrogen and oxygen atoms in total. The zero-order chi connectivity index (χ0) is 15.9. The molecular weight excluding hydrogens is 287 g/mol. The first-order chi connectivity index (χ1) is 10.5. The van der Waals surface area contributed by atoms with Gasteiger partial charge in [-0.25, -0.2) is 14.2 Å². The number of hydrogen-bond acceptors (Lipinski definition) is 3. The molecular formula is C15H19FN4O2. The summed E-state index contributed by atoms with van der Waals surface area (Å²) in [5.74, 6) is 0.840. The molecule has 0 radical (unpaired) electrons. The number of nitrogens with one attached hydrogen (secondary N) is 2. The third-order valence-electron chi connectivity index (χ3n) is 3.01. The number of imidazole rings is 1. The Hall–Kier alpha value is -2.57. The Bertz CT molecular complexity index is 630. The first kappa shape index (κ1) is 15.8. The number of aromatic nitrogens is 2. The second-order valence-electron chi connectivity index (χ2n) is 4.90. The van der Waals surface area contributed by atoms with Crippen molar-refractivity contribution in [1.29, 1.82) is 0 Å². The molecule has 0 saturated heterocycles. The Morgan fingerprint density at radius 2 is 2.27 bits per heavy atom. The van der Waals surface area contributed by atoms with E-state index in [0.717, 1.165) is 5.82 Å². The topological polar surface area (TPSA) is 68.2 Å². The fraction of sp³-hybridized carbons (Fsp3) is 0.333. The lowest BCUT2D eigenvalue weighted by Crippen LogP contribution is -2.40. The number of benzene rings is 1. The molecule has 7 heteroatoms. The third kappa shape index (κ3) is 4.76. The number of hydrogen-bond donors (Lipinski definition) is 2. The van der Waals surface area contributed by atoms with E-state index in [1.54, 1.807) is 25.3 Å². The number of nitrogens with zero attached hydrogens (tertiary/aromatic N) is 2. The van der Waals surface area contributed by atoms with E-state index in [1.807, 2.05) is 17.8 Å². The summed E-state index contributed by atoms with van der Waals surface area (Å²) in [4.78, 5) is 15.8. The number of rotatable bonds is 6. The average molecular weight is 306 g/mol. The molecule has 2 aromatic rings. The summed E-state index contributed by atoms with van der Waals surface area (Å²) in [6.07, 6.45) is 3.20. The average Bonchev–Trinajstić information content (AvgIpc) is 2.88. The molecule has 22 heavy (non-hydrogen) atoms. The highest BCUT2D eigenvalue weighted by molar-refractivity contribution is 5.73. The standard InChI is InChI=1S/C15H19FN4O2/c1-11(22-13-5-3-4-12(16)8-13)9-18-15(21)19-10-14-17-6-7-20(14)2/h3-8,11H,9-10H2,1-2H3,(H2,18,19,21)/t11-/m0/s1. The van der Waals surface area contributed by atoms with Gasteiger partial charge in [0.25, 0.3) is 0 Å². The van der Waals surface area contributed by atoms with Gasteiger partial charge in [0.15, 0.2) is 0 Å². The molecule has 0 bridgehead atoms. The summed E-state index contributed by atoms with van der Waals surface area (Å²) < 4.78 is 20.4. The minimum atomic E-state index is -0.356. The number of amides is 2. The maximum Gasteiger partial charge on any atom is 0.315 e. The van der Waals surface area contributed by atoms with E-state index in [2.05, 4.69) is 15.6 Å². The Balaban J connectivity index is 1.70. The van der Waals surface area contributed by atoms with Gasteiger partial charge < -0.3 is 19.9 Å². The summed E-state index contributed by atoms with van der Waals surface area (Å²) in [6, 6.07) is 5.58. The van der Waals surface area contributed by atoms with E-state index < -0.39 is 0 Å². The van der Waals surface area contributed by atoms with Crippen LogP contribution in [0.25, 0.3) is 0 Å². The summed E-state index contributed by atoms with van der Waals surface area (Å²) in [5, 5.41) is 5.40. The van der Waals surface area contributed by atoms with Gasteiger partial charge in [-0.1, -0.05) is 6.07 Å². The Morgan fingerprint density at radius 3 is 2.95 bits per heavy atom. The van der Waals surface area contributed by atoms with Crippen LogP contribution in [-0.2, 0) is 13.6 Å². The highest BCUT2D eigenvalue weighted by Gasteiger charge is 2.08. The van der Waals surface area contributed by atoms with Gasteiger partial charge in [0.2, 0.25) is 0 Å². The molecule has 1 aromatic carbocycles. The molecule has 2 N–H and O–H groups in total. The van der Waals surface area contributed by atoms with Crippen molar-refractivity contribution in [3.05, 3.63) is 48.3 Å². The molecule has 2 rings (SSSR count). The van der Waals surface area contributed by atoms with Crippen molar-refractivity contribution in [1.82, 2.24) is 20.2 Å². The van der Waals surface area contributed by atoms with Crippen LogP contribution in [0.5, 0.6) is 5.75 Å². The van der Waals surface area contributed by atoms with Gasteiger partial charge in [-0.2, -0.15) is 0 Å². The summed E-state index contributed by atoms with van der Waals surface area (Å²) in [5.41, 5.74) is 0. The van der Waals surface area contributed by atoms with Crippen LogP contribution in [0.1, 0.15) is 12.7 Å². The van der Waals surface area contributed by atoms with Crippen LogP contribution in [0, 0.1) is 5.82 Å². The molecule has 0 saturated carbocycles. The first-order valence-electron chi connectivity index (χ1n) is 6.94. The van der Waals surface area contributed by atoms with Crippen molar-refractivity contribution in [2.45, 2.75) is 19.6 Å². The van der Waals surface area contributed by atoms with E-state index in [1.165, 1.54) is 12.1 Å². The van der Waals surface area contributed by atoms with Crippen molar-refractivity contribution in [3.63, 3.8) is 0 Å². The van der Waals surface area contributed by atoms with Gasteiger partial charge in [0.05, 0.1) is 13.1 Å². The molecule has 1 atom stereocenters. The number of aryl methyl sites for hydroxylation is 1. The second-order valence-corrected chi connectivity index (χ2v) is 4.90. The number of urea groups is 1. The van der Waals surface area contributed by atoms with E-state index in [9.17, 15) is 9.18 Å². The van der Waals surface area contributed by atoms with E-state index in [4.69, 9.17) is 4.74 Å². The van der Waals surface area contributed by atoms with Crippen molar-refractivity contribution in [2.75, 3.05) is 6.54 Å². The third-order valence-corrected chi connectivity index (χ3v) is 3.01. The van der Waals surface area contributed by atoms with Crippen LogP contribution in [-0.4, -0.2) is 28.2 Å². The minimum Gasteiger partial charge on any atom is -0.489 e. The molecule has 1 heterocycles. The fourth-order valence-corrected chi connectivity index (χ4v) is 1.84. The molecule has 0 unspecified atom stereocenters. The number of carbonyl (C=O) groups excluding carboxylic acids is 1. The SMILES string of the molecule is C[C@@H](CNC(=O)NCc1nccn1C)Oc1cccc(F)c1. The largest absolute Gasteiger partial charge is 0.489 e. The highest BCUT2D eigenvalue weighted by atomic mass is 19.1. The van der Waals surface area contributed by atoms with Crippen LogP contribution in [0.3, 0.4) is 0 Å². The van der Waals surface area contributed by atoms with Crippen molar-refractivity contribution in [3.8, 4) is 5.75 Å². The normalized spacial score (nSPS) is 11.8. The van der Waals surface area contributed by atoms with Gasteiger partial charge in [-0.15, -0.1) is 0 Å². The molecule has 118 valence electrons. The maximum absolute atomic E-state index is 13.0. The van der Waals surface area contributed by atoms with Crippen LogP contribution < -0.4 is 15.4 Å². The van der Waals surface area contributed by atoms with Crippen molar-refractivity contribution in [2.24, 2.45) is 7.05 Å². The second kappa shape index (κ2) is 7.44. The highest BCUT2D eigenvalue weighted by Crippen LogP contribution is 2.13. The zero-order valence-electron chi connectivity index (χ0n) is 12.5. The number of carbonyl (C=O) groups is 1. The smallest absolute Gasteiger partial charge is 0.315 e. The zero-order valence-corrected chi connectivity index (χ0v) is 12.5. The van der Waals surface area contributed by atoms with Crippen LogP contribution >= 0.6 is 0 Å². The molecule has 2 amide bonds. The van der Waals surface area contributed by atoms with Gasteiger partial charge >= 0.3 is 6.03 Å². The molecule has 0 aliphatic rings. The lowest BCUT2D eigenvalue weighted by molar-refractivity contribution is 0.207. The Labute approximate surface area is 128 Å². The fourth-order valence-electron chi connectivity index (χ4n) is 1.84. The molecule has 0 fully saturated rings. The van der Waals surface area contributed by atoms with Crippen molar-refractivity contribution >= 4 is 6.03 Å². The van der Waals surface area contributed by atoms with Crippen LogP contribution in [0.15, 0.2) is 36.7 Å². The van der Waals surface area contributed by atoms with E-state index >= 15 is 0 Å². The van der Waals surface area contributed by atoms with Crippen LogP contribution in [0.2, 0.25) is 0 Å². The predicted molar refractivity (Wildman–Crippen MR) is 79.9 cm³/mol. The van der Waals surface area contributed by atoms with Gasteiger partial charge in [0, 0.05) is 25.5 Å². The summed E-state index contributed by atoms with van der Waals surface area (Å²) in [7, 11) is 1.86. The van der Waals surface area contributed by atoms with Gasteiger partial charge in [-0.3, -0.25) is 0 Å². The Kier molecular flexibility index (Phi) is 5.35. The summed E-state index contributed by atoms with van der Waals surface area (Å²) in [6.45, 7) is 2.45. The van der Waals surface area contributed by atoms with Crippen molar-refractivity contribution < 1.29 is 13.9 Å². The Morgan fingerprint density at radius 1 is 1.45 bits per heavy atom. The first-order valence-corrected chi connectivity index (χ1v) is 6.94. The lowest BCUT2D eigenvalue weighted by Gasteiger charge is -2.15. The van der Waals surface area contributed by atoms with Crippen LogP contribution in [0.4, 0.5) is 9.18 Å². The monoisotopic (exact) mass is 306 g/mol. The molecule has 0 aliphatic carbocycles. The summed E-state index contributed by atoms with van der Waals surface area (Å²) >= 11 is 0. The maximum atomic E-state index is 13.0. The van der Waals surface area contributed by atoms with Gasteiger partial charge in [-0.05, 0) is 19.1 Å².